The Balaban J connectivity index is 2.13. The van der Waals surface area contributed by atoms with E-state index in [-0.39, 0.29) is 5.91 Å². The minimum Gasteiger partial charge on any atom is -0.472 e. The molecule has 0 spiro atoms. The van der Waals surface area contributed by atoms with Crippen molar-refractivity contribution >= 4 is 5.91 Å². The van der Waals surface area contributed by atoms with E-state index >= 15 is 0 Å². The fourth-order valence-electron chi connectivity index (χ4n) is 1.56. The van der Waals surface area contributed by atoms with Crippen LogP contribution in [0.4, 0.5) is 0 Å². The number of carbonyl (C=O) groups is 1. The fourth-order valence-corrected chi connectivity index (χ4v) is 1.56. The van der Waals surface area contributed by atoms with Gasteiger partial charge in [0.25, 0.3) is 0 Å². The average Bonchev–Trinajstić information content (AvgIpc) is 2.79. The molecule has 1 aromatic rings. The lowest BCUT2D eigenvalue weighted by Gasteiger charge is -2.18. The highest BCUT2D eigenvalue weighted by molar-refractivity contribution is 5.76. The van der Waals surface area contributed by atoms with Gasteiger partial charge in [-0.1, -0.05) is 0 Å². The van der Waals surface area contributed by atoms with Crippen molar-refractivity contribution in [3.05, 3.63) is 24.2 Å². The van der Waals surface area contributed by atoms with Crippen LogP contribution in [0.15, 0.2) is 23.0 Å². The summed E-state index contributed by atoms with van der Waals surface area (Å²) in [5.74, 6) is 0.213. The summed E-state index contributed by atoms with van der Waals surface area (Å²) >= 11 is 0. The van der Waals surface area contributed by atoms with Crippen LogP contribution in [0.1, 0.15) is 25.8 Å². The van der Waals surface area contributed by atoms with Crippen molar-refractivity contribution < 1.29 is 9.21 Å². The Morgan fingerprint density at radius 2 is 2.19 bits per heavy atom. The molecular weight excluding hydrogens is 204 g/mol. The van der Waals surface area contributed by atoms with Gasteiger partial charge >= 0.3 is 0 Å². The van der Waals surface area contributed by atoms with E-state index in [1.807, 2.05) is 24.8 Å². The second kappa shape index (κ2) is 7.06. The first-order valence-corrected chi connectivity index (χ1v) is 5.77. The van der Waals surface area contributed by atoms with Gasteiger partial charge in [-0.3, -0.25) is 4.79 Å². The standard InChI is InChI=1S/C12H20N2O2/c1-3-14(4-2)12(15)5-7-13-9-11-6-8-16-10-11/h6,8,10,13H,3-5,7,9H2,1-2H3. The number of rotatable bonds is 7. The third-order valence-corrected chi connectivity index (χ3v) is 2.54. The van der Waals surface area contributed by atoms with E-state index in [1.54, 1.807) is 12.5 Å². The number of nitrogens with zero attached hydrogens (tertiary/aromatic N) is 1. The molecule has 16 heavy (non-hydrogen) atoms. The molecule has 0 atom stereocenters. The van der Waals surface area contributed by atoms with Crippen LogP contribution in [-0.4, -0.2) is 30.4 Å². The van der Waals surface area contributed by atoms with Crippen molar-refractivity contribution in [2.45, 2.75) is 26.8 Å². The highest BCUT2D eigenvalue weighted by Crippen LogP contribution is 1.99. The average molecular weight is 224 g/mol. The Labute approximate surface area is 96.6 Å². The van der Waals surface area contributed by atoms with Gasteiger partial charge in [0.1, 0.15) is 0 Å². The summed E-state index contributed by atoms with van der Waals surface area (Å²) in [6, 6.07) is 1.92. The minimum atomic E-state index is 0.213. The lowest BCUT2D eigenvalue weighted by atomic mass is 10.3. The van der Waals surface area contributed by atoms with Gasteiger partial charge in [-0.25, -0.2) is 0 Å². The molecule has 0 saturated carbocycles. The van der Waals surface area contributed by atoms with Gasteiger partial charge in [0.15, 0.2) is 0 Å². The zero-order valence-electron chi connectivity index (χ0n) is 10.0. The van der Waals surface area contributed by atoms with E-state index < -0.39 is 0 Å². The number of carbonyl (C=O) groups excluding carboxylic acids is 1. The summed E-state index contributed by atoms with van der Waals surface area (Å²) in [5, 5.41) is 3.21. The molecule has 0 aromatic carbocycles. The molecule has 4 heteroatoms. The van der Waals surface area contributed by atoms with Crippen molar-refractivity contribution in [1.29, 1.82) is 0 Å². The van der Waals surface area contributed by atoms with Crippen LogP contribution in [0.2, 0.25) is 0 Å². The Morgan fingerprint density at radius 1 is 1.44 bits per heavy atom. The summed E-state index contributed by atoms with van der Waals surface area (Å²) in [6.45, 7) is 7.04. The number of amides is 1. The molecule has 1 heterocycles. The van der Waals surface area contributed by atoms with Gasteiger partial charge in [0.05, 0.1) is 12.5 Å². The van der Waals surface area contributed by atoms with E-state index in [0.29, 0.717) is 13.0 Å². The van der Waals surface area contributed by atoms with Crippen LogP contribution in [0.25, 0.3) is 0 Å². The SMILES string of the molecule is CCN(CC)C(=O)CCNCc1ccoc1. The lowest BCUT2D eigenvalue weighted by molar-refractivity contribution is -0.130. The van der Waals surface area contributed by atoms with Crippen molar-refractivity contribution in [1.82, 2.24) is 10.2 Å². The summed E-state index contributed by atoms with van der Waals surface area (Å²) in [7, 11) is 0. The first kappa shape index (κ1) is 12.8. The van der Waals surface area contributed by atoms with Gasteiger partial charge in [-0.05, 0) is 19.9 Å². The largest absolute Gasteiger partial charge is 0.472 e. The number of furan rings is 1. The van der Waals surface area contributed by atoms with Crippen LogP contribution in [0, 0.1) is 0 Å². The zero-order valence-corrected chi connectivity index (χ0v) is 10.0. The van der Waals surface area contributed by atoms with Crippen LogP contribution in [0.3, 0.4) is 0 Å². The third-order valence-electron chi connectivity index (χ3n) is 2.54. The predicted molar refractivity (Wildman–Crippen MR) is 63.0 cm³/mol. The fraction of sp³-hybridized carbons (Fsp3) is 0.583. The molecule has 0 aliphatic heterocycles. The van der Waals surface area contributed by atoms with Crippen LogP contribution in [-0.2, 0) is 11.3 Å². The molecule has 90 valence electrons. The predicted octanol–water partition coefficient (Wildman–Crippen LogP) is 1.63. The van der Waals surface area contributed by atoms with E-state index in [2.05, 4.69) is 5.32 Å². The lowest BCUT2D eigenvalue weighted by Crippen LogP contribution is -2.32. The Morgan fingerprint density at radius 3 is 2.75 bits per heavy atom. The molecule has 0 fully saturated rings. The maximum atomic E-state index is 11.6. The smallest absolute Gasteiger partial charge is 0.223 e. The summed E-state index contributed by atoms with van der Waals surface area (Å²) in [5.41, 5.74) is 1.11. The van der Waals surface area contributed by atoms with Crippen molar-refractivity contribution in [2.24, 2.45) is 0 Å². The highest BCUT2D eigenvalue weighted by Gasteiger charge is 2.08. The Hall–Kier alpha value is -1.29. The van der Waals surface area contributed by atoms with Gasteiger partial charge in [0, 0.05) is 38.2 Å². The van der Waals surface area contributed by atoms with E-state index in [0.717, 1.165) is 25.2 Å². The maximum Gasteiger partial charge on any atom is 0.223 e. The van der Waals surface area contributed by atoms with Gasteiger partial charge in [-0.2, -0.15) is 0 Å². The zero-order chi connectivity index (χ0) is 11.8. The first-order chi connectivity index (χ1) is 7.77. The van der Waals surface area contributed by atoms with Crippen LogP contribution in [0.5, 0.6) is 0 Å². The second-order valence-corrected chi connectivity index (χ2v) is 3.62. The van der Waals surface area contributed by atoms with Crippen molar-refractivity contribution in [2.75, 3.05) is 19.6 Å². The molecule has 0 aliphatic carbocycles. The third kappa shape index (κ3) is 4.06. The molecule has 0 bridgehead atoms. The van der Waals surface area contributed by atoms with E-state index in [9.17, 15) is 4.79 Å². The van der Waals surface area contributed by atoms with Gasteiger partial charge < -0.3 is 14.6 Å². The number of hydrogen-bond acceptors (Lipinski definition) is 3. The molecule has 4 nitrogen and oxygen atoms in total. The topological polar surface area (TPSA) is 45.5 Å². The molecular formula is C12H20N2O2. The van der Waals surface area contributed by atoms with Crippen molar-refractivity contribution in [3.8, 4) is 0 Å². The van der Waals surface area contributed by atoms with Crippen molar-refractivity contribution in [3.63, 3.8) is 0 Å². The molecule has 0 unspecified atom stereocenters. The summed E-state index contributed by atoms with van der Waals surface area (Å²) in [4.78, 5) is 13.5. The molecule has 0 saturated heterocycles. The van der Waals surface area contributed by atoms with E-state index in [1.165, 1.54) is 0 Å². The number of nitrogens with one attached hydrogen (secondary N) is 1. The summed E-state index contributed by atoms with van der Waals surface area (Å²) < 4.78 is 4.95. The molecule has 0 radical (unpaired) electrons. The second-order valence-electron chi connectivity index (χ2n) is 3.62. The molecule has 1 amide bonds. The monoisotopic (exact) mass is 224 g/mol. The number of hydrogen-bond donors (Lipinski definition) is 1. The Kier molecular flexibility index (Phi) is 5.64. The van der Waals surface area contributed by atoms with Crippen LogP contribution >= 0.6 is 0 Å². The molecule has 1 rings (SSSR count). The molecule has 1 aromatic heterocycles. The quantitative estimate of drug-likeness (QED) is 0.716. The Bertz CT molecular complexity index is 292. The highest BCUT2D eigenvalue weighted by atomic mass is 16.3. The van der Waals surface area contributed by atoms with E-state index in [4.69, 9.17) is 4.42 Å². The van der Waals surface area contributed by atoms with Gasteiger partial charge in [-0.15, -0.1) is 0 Å². The summed E-state index contributed by atoms with van der Waals surface area (Å²) in [6.07, 6.45) is 3.91. The molecule has 0 aliphatic rings. The first-order valence-electron chi connectivity index (χ1n) is 5.77. The normalized spacial score (nSPS) is 10.4. The van der Waals surface area contributed by atoms with Gasteiger partial charge in [0.2, 0.25) is 5.91 Å². The van der Waals surface area contributed by atoms with Crippen LogP contribution < -0.4 is 5.32 Å². The maximum absolute atomic E-state index is 11.6. The molecule has 1 N–H and O–H groups in total. The minimum absolute atomic E-state index is 0.213.